The number of rotatable bonds is 0. The van der Waals surface area contributed by atoms with Gasteiger partial charge in [0.05, 0.1) is 12.5 Å². The van der Waals surface area contributed by atoms with E-state index < -0.39 is 0 Å². The predicted molar refractivity (Wildman–Crippen MR) is 34.5 cm³/mol. The van der Waals surface area contributed by atoms with Gasteiger partial charge in [0.2, 0.25) is 0 Å². The van der Waals surface area contributed by atoms with Crippen molar-refractivity contribution in [3.63, 3.8) is 0 Å². The molecule has 46 valence electrons. The van der Waals surface area contributed by atoms with E-state index in [1.807, 2.05) is 12.1 Å². The fraction of sp³-hybridized carbons (Fsp3) is 0. The third-order valence-electron chi connectivity index (χ3n) is 0.425. The van der Waals surface area contributed by atoms with Crippen molar-refractivity contribution in [2.75, 3.05) is 0 Å². The van der Waals surface area contributed by atoms with Gasteiger partial charge in [0.15, 0.2) is 0 Å². The Kier molecular flexibility index (Phi) is 12.9. The normalized spacial score (nSPS) is 5.78. The van der Waals surface area contributed by atoms with E-state index in [0.29, 0.717) is 0 Å². The zero-order valence-corrected chi connectivity index (χ0v) is 4.15. The molecule has 1 aromatic heterocycles. The topological polar surface area (TPSA) is 50.4 Å². The molecule has 1 aromatic rings. The molecular weight excluding hydrogens is 115 g/mol. The van der Waals surface area contributed by atoms with E-state index in [4.69, 9.17) is 9.90 Å². The Hall–Kier alpha value is -0.653. The van der Waals surface area contributed by atoms with Crippen LogP contribution in [0.2, 0.25) is 0 Å². The molecule has 4 heteroatoms. The van der Waals surface area contributed by atoms with E-state index in [1.54, 1.807) is 12.5 Å². The summed E-state index contributed by atoms with van der Waals surface area (Å²) >= 11 is 0. The minimum Gasteiger partial charge on any atom is -0.473 e. The first-order chi connectivity index (χ1) is 3.91. The van der Waals surface area contributed by atoms with Crippen molar-refractivity contribution in [1.29, 1.82) is 0 Å². The van der Waals surface area contributed by atoms with Gasteiger partial charge in [0.1, 0.15) is 0 Å². The van der Waals surface area contributed by atoms with Gasteiger partial charge in [0, 0.05) is 0 Å². The van der Waals surface area contributed by atoms with Crippen LogP contribution in [0.25, 0.3) is 0 Å². The molecule has 0 atom stereocenters. The number of carbonyl (C=O) groups is 1. The number of furan rings is 1. The van der Waals surface area contributed by atoms with Crippen LogP contribution in [0.3, 0.4) is 0 Å². The Morgan fingerprint density at radius 3 is 1.78 bits per heavy atom. The van der Waals surface area contributed by atoms with Crippen LogP contribution in [0.5, 0.6) is 0 Å². The molecule has 3 nitrogen and oxygen atoms in total. The number of hydrogen-bond acceptors (Lipinski definition) is 2. The van der Waals surface area contributed by atoms with Gasteiger partial charge in [-0.3, -0.25) is 4.79 Å². The van der Waals surface area contributed by atoms with Crippen LogP contribution >= 0.6 is 0 Å². The van der Waals surface area contributed by atoms with Crippen LogP contribution in [0.1, 0.15) is 0 Å². The molecule has 1 N–H and O–H groups in total. The van der Waals surface area contributed by atoms with Crippen molar-refractivity contribution in [2.24, 2.45) is 0 Å². The van der Waals surface area contributed by atoms with Crippen LogP contribution in [-0.2, 0) is 4.79 Å². The van der Waals surface area contributed by atoms with Crippen molar-refractivity contribution in [2.45, 2.75) is 0 Å². The van der Waals surface area contributed by atoms with Gasteiger partial charge in [0.25, 0.3) is 6.47 Å². The Morgan fingerprint density at radius 1 is 1.33 bits per heavy atom. The van der Waals surface area contributed by atoms with Crippen molar-refractivity contribution in [3.05, 3.63) is 24.7 Å². The summed E-state index contributed by atoms with van der Waals surface area (Å²) in [6, 6.07) is 3.67. The summed E-state index contributed by atoms with van der Waals surface area (Å²) in [5.74, 6) is 0. The van der Waals surface area contributed by atoms with Gasteiger partial charge in [-0.05, 0) is 12.1 Å². The molecular formula is C5H7LiO3. The summed E-state index contributed by atoms with van der Waals surface area (Å²) < 4.78 is 4.58. The third kappa shape index (κ3) is 11.1. The van der Waals surface area contributed by atoms with Crippen molar-refractivity contribution < 1.29 is 14.3 Å². The molecule has 1 heterocycles. The molecule has 0 aliphatic carbocycles. The molecule has 0 bridgehead atoms. The van der Waals surface area contributed by atoms with E-state index in [-0.39, 0.29) is 25.3 Å². The first-order valence-corrected chi connectivity index (χ1v) is 1.97. The summed E-state index contributed by atoms with van der Waals surface area (Å²) in [5.41, 5.74) is 0. The molecule has 0 aliphatic heterocycles. The average Bonchev–Trinajstić information content (AvgIpc) is 2.17. The van der Waals surface area contributed by atoms with Crippen LogP contribution in [0.15, 0.2) is 29.1 Å². The van der Waals surface area contributed by atoms with E-state index in [9.17, 15) is 0 Å². The Balaban J connectivity index is 0. The molecule has 0 saturated heterocycles. The molecule has 9 heavy (non-hydrogen) atoms. The first-order valence-electron chi connectivity index (χ1n) is 1.97. The monoisotopic (exact) mass is 122 g/mol. The predicted octanol–water partition coefficient (Wildman–Crippen LogP) is 0.332. The third-order valence-corrected chi connectivity index (χ3v) is 0.425. The zero-order chi connectivity index (χ0) is 6.24. The van der Waals surface area contributed by atoms with Crippen LogP contribution in [0, 0.1) is 0 Å². The molecule has 0 saturated carbocycles. The largest absolute Gasteiger partial charge is 0.473 e. The SMILES string of the molecule is O=CO.[LiH].c1ccoc1. The van der Waals surface area contributed by atoms with E-state index in [0.717, 1.165) is 0 Å². The number of hydrogen-bond donors (Lipinski definition) is 1. The van der Waals surface area contributed by atoms with Crippen molar-refractivity contribution >= 4 is 25.3 Å². The Bertz CT molecular complexity index is 98.5. The minimum absolute atomic E-state index is 0. The molecule has 0 aromatic carbocycles. The van der Waals surface area contributed by atoms with Crippen LogP contribution < -0.4 is 0 Å². The summed E-state index contributed by atoms with van der Waals surface area (Å²) in [7, 11) is 0. The average molecular weight is 122 g/mol. The summed E-state index contributed by atoms with van der Waals surface area (Å²) in [5, 5.41) is 6.89. The molecule has 1 rings (SSSR count). The van der Waals surface area contributed by atoms with E-state index >= 15 is 0 Å². The zero-order valence-electron chi connectivity index (χ0n) is 4.15. The molecule has 0 unspecified atom stereocenters. The summed E-state index contributed by atoms with van der Waals surface area (Å²) in [4.78, 5) is 8.36. The molecule has 0 amide bonds. The second-order valence-corrected chi connectivity index (χ2v) is 0.899. The Morgan fingerprint density at radius 2 is 1.67 bits per heavy atom. The van der Waals surface area contributed by atoms with E-state index in [1.165, 1.54) is 0 Å². The minimum atomic E-state index is -0.250. The molecule has 0 radical (unpaired) electrons. The van der Waals surface area contributed by atoms with Crippen molar-refractivity contribution in [3.8, 4) is 0 Å². The van der Waals surface area contributed by atoms with Gasteiger partial charge in [-0.15, -0.1) is 0 Å². The standard InChI is InChI=1S/C4H4O.CH2O2.Li.H/c1-2-4-5-3-1;2-1-3;;/h1-4H;1H,(H,2,3);;. The van der Waals surface area contributed by atoms with Gasteiger partial charge in [-0.1, -0.05) is 0 Å². The maximum Gasteiger partial charge on any atom is 0.0902 e. The van der Waals surface area contributed by atoms with Gasteiger partial charge in [-0.2, -0.15) is 0 Å². The first kappa shape index (κ1) is 11.2. The van der Waals surface area contributed by atoms with Gasteiger partial charge >= 0.3 is 18.9 Å². The molecule has 0 fully saturated rings. The number of carboxylic acid groups (broad SMARTS) is 1. The fourth-order valence-corrected chi connectivity index (χ4v) is 0.227. The second kappa shape index (κ2) is 10.4. The molecule has 0 aliphatic rings. The van der Waals surface area contributed by atoms with Gasteiger partial charge < -0.3 is 9.52 Å². The van der Waals surface area contributed by atoms with Crippen molar-refractivity contribution in [1.82, 2.24) is 0 Å². The van der Waals surface area contributed by atoms with Crippen LogP contribution in [0.4, 0.5) is 0 Å². The maximum atomic E-state index is 8.36. The molecule has 0 spiro atoms. The Labute approximate surface area is 64.8 Å². The van der Waals surface area contributed by atoms with Gasteiger partial charge in [-0.25, -0.2) is 0 Å². The smallest absolute Gasteiger partial charge is 0.0902 e. The quantitative estimate of drug-likeness (QED) is 0.398. The second-order valence-electron chi connectivity index (χ2n) is 0.899. The van der Waals surface area contributed by atoms with E-state index in [2.05, 4.69) is 4.42 Å². The fourth-order valence-electron chi connectivity index (χ4n) is 0.227. The summed E-state index contributed by atoms with van der Waals surface area (Å²) in [6.07, 6.45) is 3.25. The summed E-state index contributed by atoms with van der Waals surface area (Å²) in [6.45, 7) is -0.250. The van der Waals surface area contributed by atoms with Crippen LogP contribution in [-0.4, -0.2) is 30.4 Å². The maximum absolute atomic E-state index is 8.36.